The van der Waals surface area contributed by atoms with E-state index in [-0.39, 0.29) is 18.3 Å². The third-order valence-electron chi connectivity index (χ3n) is 3.11. The molecular formula is C10H16N3O6P. The van der Waals surface area contributed by atoms with E-state index < -0.39 is 25.8 Å². The molecule has 0 amide bonds. The Morgan fingerprint density at radius 2 is 2.35 bits per heavy atom. The molecule has 2 heterocycles. The van der Waals surface area contributed by atoms with Gasteiger partial charge >= 0.3 is 13.5 Å². The quantitative estimate of drug-likeness (QED) is 0.653. The maximum atomic E-state index is 11.7. The summed E-state index contributed by atoms with van der Waals surface area (Å²) in [5.74, 6) is 0.106. The highest BCUT2D eigenvalue weighted by atomic mass is 31.2. The molecule has 0 saturated carbocycles. The molecule has 0 bridgehead atoms. The van der Waals surface area contributed by atoms with E-state index in [9.17, 15) is 9.36 Å². The summed E-state index contributed by atoms with van der Waals surface area (Å²) >= 11 is 0. The first-order chi connectivity index (χ1) is 9.26. The maximum Gasteiger partial charge on any atom is 0.469 e. The Balaban J connectivity index is 2.06. The van der Waals surface area contributed by atoms with Crippen LogP contribution in [0, 0.1) is 5.92 Å². The number of hydrogen-bond acceptors (Lipinski definition) is 6. The van der Waals surface area contributed by atoms with Gasteiger partial charge in [-0.2, -0.15) is 4.98 Å². The molecule has 0 aliphatic carbocycles. The SMILES string of the molecule is C[C@H]1C[C@H](n2ccc(N)nc2=O)O[C@@H]1COP(=O)(O)O. The Bertz CT molecular complexity index is 585. The summed E-state index contributed by atoms with van der Waals surface area (Å²) in [5.41, 5.74) is 4.88. The molecule has 1 aliphatic rings. The molecule has 0 unspecified atom stereocenters. The zero-order chi connectivity index (χ0) is 14.9. The average molecular weight is 305 g/mol. The van der Waals surface area contributed by atoms with Gasteiger partial charge in [-0.25, -0.2) is 9.36 Å². The van der Waals surface area contributed by atoms with Crippen molar-refractivity contribution in [2.24, 2.45) is 5.92 Å². The summed E-state index contributed by atoms with van der Waals surface area (Å²) in [5, 5.41) is 0. The van der Waals surface area contributed by atoms with Crippen LogP contribution >= 0.6 is 7.82 Å². The Morgan fingerprint density at radius 3 is 2.95 bits per heavy atom. The summed E-state index contributed by atoms with van der Waals surface area (Å²) < 4.78 is 22.0. The molecule has 1 aliphatic heterocycles. The standard InChI is InChI=1S/C10H16N3O6P/c1-6-4-9(13-3-2-8(11)12-10(13)14)19-7(6)5-18-20(15,16)17/h2-3,6-7,9H,4-5H2,1H3,(H2,11,12,14)(H2,15,16,17)/t6-,7+,9+/m0/s1. The van der Waals surface area contributed by atoms with Crippen molar-refractivity contribution in [3.63, 3.8) is 0 Å². The van der Waals surface area contributed by atoms with Gasteiger partial charge < -0.3 is 20.3 Å². The van der Waals surface area contributed by atoms with Crippen LogP contribution in [0.1, 0.15) is 19.6 Å². The number of ether oxygens (including phenoxy) is 1. The van der Waals surface area contributed by atoms with Crippen LogP contribution in [-0.2, 0) is 13.8 Å². The van der Waals surface area contributed by atoms with E-state index in [2.05, 4.69) is 9.51 Å². The Morgan fingerprint density at radius 1 is 1.65 bits per heavy atom. The second kappa shape index (κ2) is 5.63. The lowest BCUT2D eigenvalue weighted by atomic mass is 10.0. The molecule has 0 spiro atoms. The van der Waals surface area contributed by atoms with Crippen molar-refractivity contribution in [1.82, 2.24) is 9.55 Å². The smallest absolute Gasteiger partial charge is 0.383 e. The van der Waals surface area contributed by atoms with E-state index >= 15 is 0 Å². The molecule has 1 saturated heterocycles. The summed E-state index contributed by atoms with van der Waals surface area (Å²) in [4.78, 5) is 32.6. The number of phosphoric acid groups is 1. The van der Waals surface area contributed by atoms with Gasteiger partial charge in [0.25, 0.3) is 0 Å². The molecule has 1 aromatic heterocycles. The van der Waals surface area contributed by atoms with Crippen molar-refractivity contribution in [3.05, 3.63) is 22.7 Å². The lowest BCUT2D eigenvalue weighted by Crippen LogP contribution is -2.28. The number of nitrogens with zero attached hydrogens (tertiary/aromatic N) is 2. The highest BCUT2D eigenvalue weighted by Gasteiger charge is 2.35. The lowest BCUT2D eigenvalue weighted by molar-refractivity contribution is -0.0307. The first-order valence-corrected chi connectivity index (χ1v) is 7.49. The van der Waals surface area contributed by atoms with Crippen molar-refractivity contribution in [3.8, 4) is 0 Å². The fourth-order valence-electron chi connectivity index (χ4n) is 2.06. The minimum absolute atomic E-state index is 0.0176. The molecule has 0 aromatic carbocycles. The van der Waals surface area contributed by atoms with Crippen molar-refractivity contribution >= 4 is 13.6 Å². The Kier molecular flexibility index (Phi) is 4.26. The van der Waals surface area contributed by atoms with Crippen molar-refractivity contribution in [2.45, 2.75) is 25.7 Å². The van der Waals surface area contributed by atoms with Crippen LogP contribution in [0.2, 0.25) is 0 Å². The predicted molar refractivity (Wildman–Crippen MR) is 68.6 cm³/mol. The topological polar surface area (TPSA) is 137 Å². The van der Waals surface area contributed by atoms with Crippen LogP contribution in [0.25, 0.3) is 0 Å². The van der Waals surface area contributed by atoms with Gasteiger partial charge in [0.2, 0.25) is 0 Å². The van der Waals surface area contributed by atoms with Gasteiger partial charge in [-0.1, -0.05) is 6.92 Å². The van der Waals surface area contributed by atoms with E-state index in [0.29, 0.717) is 6.42 Å². The predicted octanol–water partition coefficient (Wildman–Crippen LogP) is -0.142. The molecule has 10 heteroatoms. The van der Waals surface area contributed by atoms with E-state index in [0.717, 1.165) is 0 Å². The zero-order valence-electron chi connectivity index (χ0n) is 10.7. The third kappa shape index (κ3) is 3.65. The van der Waals surface area contributed by atoms with Crippen LogP contribution in [-0.4, -0.2) is 32.0 Å². The van der Waals surface area contributed by atoms with Gasteiger partial charge in [-0.15, -0.1) is 0 Å². The largest absolute Gasteiger partial charge is 0.469 e. The molecule has 20 heavy (non-hydrogen) atoms. The number of anilines is 1. The van der Waals surface area contributed by atoms with Gasteiger partial charge in [-0.3, -0.25) is 9.09 Å². The number of aromatic nitrogens is 2. The van der Waals surface area contributed by atoms with Gasteiger partial charge in [-0.05, 0) is 18.4 Å². The van der Waals surface area contributed by atoms with Crippen LogP contribution in [0.15, 0.2) is 17.1 Å². The summed E-state index contributed by atoms with van der Waals surface area (Å²) in [6, 6.07) is 1.48. The normalized spacial score (nSPS) is 26.9. The molecule has 112 valence electrons. The summed E-state index contributed by atoms with van der Waals surface area (Å²) in [6.45, 7) is 1.61. The van der Waals surface area contributed by atoms with Gasteiger partial charge in [0.05, 0.1) is 12.7 Å². The lowest BCUT2D eigenvalue weighted by Gasteiger charge is -2.16. The fraction of sp³-hybridized carbons (Fsp3) is 0.600. The molecule has 0 radical (unpaired) electrons. The Labute approximate surface area is 114 Å². The van der Waals surface area contributed by atoms with Gasteiger partial charge in [0.15, 0.2) is 0 Å². The summed E-state index contributed by atoms with van der Waals surface area (Å²) in [6.07, 6.45) is 0.947. The molecular weight excluding hydrogens is 289 g/mol. The zero-order valence-corrected chi connectivity index (χ0v) is 11.6. The number of rotatable bonds is 4. The molecule has 1 fully saturated rings. The van der Waals surface area contributed by atoms with Crippen LogP contribution in [0.5, 0.6) is 0 Å². The number of nitrogens with two attached hydrogens (primary N) is 1. The fourth-order valence-corrected chi connectivity index (χ4v) is 2.40. The van der Waals surface area contributed by atoms with Crippen molar-refractivity contribution in [1.29, 1.82) is 0 Å². The second-order valence-corrected chi connectivity index (χ2v) is 5.91. The number of nitrogen functional groups attached to an aromatic ring is 1. The molecule has 2 rings (SSSR count). The van der Waals surface area contributed by atoms with Gasteiger partial charge in [0, 0.05) is 6.20 Å². The maximum absolute atomic E-state index is 11.7. The highest BCUT2D eigenvalue weighted by molar-refractivity contribution is 7.46. The first-order valence-electron chi connectivity index (χ1n) is 5.96. The first kappa shape index (κ1) is 15.1. The van der Waals surface area contributed by atoms with E-state index in [1.165, 1.54) is 16.8 Å². The van der Waals surface area contributed by atoms with Crippen LogP contribution in [0.4, 0.5) is 5.82 Å². The summed E-state index contributed by atoms with van der Waals surface area (Å²) in [7, 11) is -4.53. The highest BCUT2D eigenvalue weighted by Crippen LogP contribution is 2.39. The minimum atomic E-state index is -4.53. The molecule has 1 aromatic rings. The van der Waals surface area contributed by atoms with Crippen molar-refractivity contribution < 1.29 is 23.6 Å². The molecule has 4 N–H and O–H groups in total. The van der Waals surface area contributed by atoms with Crippen LogP contribution in [0.3, 0.4) is 0 Å². The van der Waals surface area contributed by atoms with E-state index in [1.54, 1.807) is 0 Å². The third-order valence-corrected chi connectivity index (χ3v) is 3.59. The monoisotopic (exact) mass is 305 g/mol. The van der Waals surface area contributed by atoms with E-state index in [1.807, 2.05) is 6.92 Å². The van der Waals surface area contributed by atoms with E-state index in [4.69, 9.17) is 20.3 Å². The molecule has 3 atom stereocenters. The number of phosphoric ester groups is 1. The molecule has 9 nitrogen and oxygen atoms in total. The second-order valence-electron chi connectivity index (χ2n) is 4.67. The van der Waals surface area contributed by atoms with Crippen LogP contribution < -0.4 is 11.4 Å². The minimum Gasteiger partial charge on any atom is -0.383 e. The van der Waals surface area contributed by atoms with Crippen molar-refractivity contribution in [2.75, 3.05) is 12.3 Å². The average Bonchev–Trinajstić information content (AvgIpc) is 2.67. The Hall–Kier alpha value is -1.25. The van der Waals surface area contributed by atoms with Gasteiger partial charge in [0.1, 0.15) is 12.0 Å². The number of hydrogen-bond donors (Lipinski definition) is 3.